The first-order valence-corrected chi connectivity index (χ1v) is 10.7. The van der Waals surface area contributed by atoms with E-state index >= 15 is 0 Å². The molecule has 0 amide bonds. The highest BCUT2D eigenvalue weighted by atomic mass is 19.1. The number of nitrogens with zero attached hydrogens (tertiary/aromatic N) is 1. The summed E-state index contributed by atoms with van der Waals surface area (Å²) in [7, 11) is 0. The van der Waals surface area contributed by atoms with Gasteiger partial charge >= 0.3 is 11.9 Å². The number of hydrogen-bond donors (Lipinski definition) is 0. The van der Waals surface area contributed by atoms with Gasteiger partial charge in [-0.25, -0.2) is 14.0 Å². The first-order valence-electron chi connectivity index (χ1n) is 10.7. The van der Waals surface area contributed by atoms with E-state index in [-0.39, 0.29) is 29.9 Å². The van der Waals surface area contributed by atoms with Gasteiger partial charge in [0.15, 0.2) is 0 Å². The van der Waals surface area contributed by atoms with Gasteiger partial charge in [-0.15, -0.1) is 0 Å². The normalized spacial score (nSPS) is 14.4. The van der Waals surface area contributed by atoms with E-state index < -0.39 is 17.8 Å². The minimum Gasteiger partial charge on any atom is -0.491 e. The van der Waals surface area contributed by atoms with Crippen molar-refractivity contribution in [2.75, 3.05) is 33.0 Å². The molecule has 1 fully saturated rings. The standard InChI is InChI=1S/C25H24FNO7/c26-23-16-21(8-2-18(23)5-9-24(28)32-12-1-11-27)34-25(29)19-3-6-20(7-4-19)31-15-14-30-13-10-22-17-33-22/h2-9,16,22H,1,10,12-15,17H2/b9-5+. The fourth-order valence-electron chi connectivity index (χ4n) is 2.73. The van der Waals surface area contributed by atoms with Crippen LogP contribution in [0.4, 0.5) is 4.39 Å². The molecule has 0 aliphatic carbocycles. The van der Waals surface area contributed by atoms with Gasteiger partial charge in [0.1, 0.15) is 30.5 Å². The molecule has 1 heterocycles. The van der Waals surface area contributed by atoms with Gasteiger partial charge in [-0.05, 0) is 48.9 Å². The van der Waals surface area contributed by atoms with E-state index in [1.807, 2.05) is 6.07 Å². The quantitative estimate of drug-likeness (QED) is 0.144. The Morgan fingerprint density at radius 1 is 1.09 bits per heavy atom. The van der Waals surface area contributed by atoms with Crippen molar-refractivity contribution in [3.05, 3.63) is 65.5 Å². The van der Waals surface area contributed by atoms with Crippen molar-refractivity contribution in [2.45, 2.75) is 18.9 Å². The summed E-state index contributed by atoms with van der Waals surface area (Å²) in [4.78, 5) is 23.8. The van der Waals surface area contributed by atoms with Crippen LogP contribution in [0.25, 0.3) is 6.08 Å². The van der Waals surface area contributed by atoms with Crippen molar-refractivity contribution < 1.29 is 37.7 Å². The molecule has 0 N–H and O–H groups in total. The van der Waals surface area contributed by atoms with Crippen LogP contribution in [0.1, 0.15) is 28.8 Å². The topological polar surface area (TPSA) is 107 Å². The van der Waals surface area contributed by atoms with E-state index in [0.29, 0.717) is 31.7 Å². The molecule has 1 atom stereocenters. The van der Waals surface area contributed by atoms with E-state index in [2.05, 4.69) is 0 Å². The van der Waals surface area contributed by atoms with Gasteiger partial charge in [-0.2, -0.15) is 5.26 Å². The van der Waals surface area contributed by atoms with E-state index in [1.165, 1.54) is 18.2 Å². The van der Waals surface area contributed by atoms with Crippen molar-refractivity contribution in [1.82, 2.24) is 0 Å². The lowest BCUT2D eigenvalue weighted by Crippen LogP contribution is -2.10. The van der Waals surface area contributed by atoms with Crippen molar-refractivity contribution in [2.24, 2.45) is 0 Å². The summed E-state index contributed by atoms with van der Waals surface area (Å²) < 4.78 is 40.4. The lowest BCUT2D eigenvalue weighted by Gasteiger charge is -2.08. The average molecular weight is 469 g/mol. The second-order valence-corrected chi connectivity index (χ2v) is 7.21. The Bertz CT molecular complexity index is 1040. The average Bonchev–Trinajstić information content (AvgIpc) is 3.66. The lowest BCUT2D eigenvalue weighted by atomic mass is 10.2. The molecule has 1 aliphatic rings. The third-order valence-electron chi connectivity index (χ3n) is 4.61. The molecule has 9 heteroatoms. The zero-order chi connectivity index (χ0) is 24.2. The summed E-state index contributed by atoms with van der Waals surface area (Å²) in [6.45, 7) is 2.25. The maximum Gasteiger partial charge on any atom is 0.343 e. The van der Waals surface area contributed by atoms with Crippen LogP contribution in [0.2, 0.25) is 0 Å². The summed E-state index contributed by atoms with van der Waals surface area (Å²) in [5.74, 6) is -1.42. The number of benzene rings is 2. The molecule has 0 radical (unpaired) electrons. The highest BCUT2D eigenvalue weighted by Crippen LogP contribution is 2.20. The zero-order valence-electron chi connectivity index (χ0n) is 18.4. The van der Waals surface area contributed by atoms with Gasteiger partial charge in [-0.3, -0.25) is 0 Å². The molecule has 0 aromatic heterocycles. The molecule has 0 saturated carbocycles. The number of rotatable bonds is 13. The predicted molar refractivity (Wildman–Crippen MR) is 119 cm³/mol. The van der Waals surface area contributed by atoms with Crippen LogP contribution < -0.4 is 9.47 Å². The van der Waals surface area contributed by atoms with Gasteiger partial charge in [0.25, 0.3) is 0 Å². The Morgan fingerprint density at radius 3 is 2.56 bits per heavy atom. The maximum atomic E-state index is 14.3. The summed E-state index contributed by atoms with van der Waals surface area (Å²) >= 11 is 0. The second kappa shape index (κ2) is 13.1. The molecule has 8 nitrogen and oxygen atoms in total. The highest BCUT2D eigenvalue weighted by Gasteiger charge is 2.21. The minimum atomic E-state index is -0.686. The van der Waals surface area contributed by atoms with Crippen molar-refractivity contribution in [3.8, 4) is 17.6 Å². The van der Waals surface area contributed by atoms with E-state index in [9.17, 15) is 14.0 Å². The van der Waals surface area contributed by atoms with Crippen LogP contribution in [-0.4, -0.2) is 51.1 Å². The van der Waals surface area contributed by atoms with Crippen molar-refractivity contribution in [3.63, 3.8) is 0 Å². The highest BCUT2D eigenvalue weighted by molar-refractivity contribution is 5.91. The van der Waals surface area contributed by atoms with Gasteiger partial charge in [0, 0.05) is 24.3 Å². The van der Waals surface area contributed by atoms with E-state index in [4.69, 9.17) is 28.9 Å². The van der Waals surface area contributed by atoms with Gasteiger partial charge < -0.3 is 23.7 Å². The van der Waals surface area contributed by atoms with Crippen LogP contribution in [0.5, 0.6) is 11.5 Å². The molecule has 2 aromatic rings. The Morgan fingerprint density at radius 2 is 1.85 bits per heavy atom. The third-order valence-corrected chi connectivity index (χ3v) is 4.61. The van der Waals surface area contributed by atoms with E-state index in [1.54, 1.807) is 24.3 Å². The Hall–Kier alpha value is -3.74. The van der Waals surface area contributed by atoms with Gasteiger partial charge in [0.2, 0.25) is 0 Å². The molecule has 1 unspecified atom stereocenters. The van der Waals surface area contributed by atoms with Crippen LogP contribution in [-0.2, 0) is 19.0 Å². The minimum absolute atomic E-state index is 0.0188. The number of hydrogen-bond acceptors (Lipinski definition) is 8. The largest absolute Gasteiger partial charge is 0.491 e. The Kier molecular flexibility index (Phi) is 9.58. The zero-order valence-corrected chi connectivity index (χ0v) is 18.4. The molecule has 1 saturated heterocycles. The summed E-state index contributed by atoms with van der Waals surface area (Å²) in [6, 6.07) is 12.0. The van der Waals surface area contributed by atoms with Crippen molar-refractivity contribution >= 4 is 18.0 Å². The van der Waals surface area contributed by atoms with Crippen molar-refractivity contribution in [1.29, 1.82) is 5.26 Å². The third kappa shape index (κ3) is 8.65. The number of ether oxygens (including phenoxy) is 5. The van der Waals surface area contributed by atoms with Crippen LogP contribution in [0.3, 0.4) is 0 Å². The smallest absolute Gasteiger partial charge is 0.343 e. The predicted octanol–water partition coefficient (Wildman–Crippen LogP) is 3.70. The monoisotopic (exact) mass is 469 g/mol. The maximum absolute atomic E-state index is 14.3. The number of nitriles is 1. The molecule has 178 valence electrons. The molecule has 3 rings (SSSR count). The van der Waals surface area contributed by atoms with Crippen LogP contribution >= 0.6 is 0 Å². The molecular weight excluding hydrogens is 445 g/mol. The second-order valence-electron chi connectivity index (χ2n) is 7.21. The van der Waals surface area contributed by atoms with Gasteiger partial charge in [-0.1, -0.05) is 0 Å². The fourth-order valence-corrected chi connectivity index (χ4v) is 2.73. The fraction of sp³-hybridized carbons (Fsp3) is 0.320. The molecule has 2 aromatic carbocycles. The van der Waals surface area contributed by atoms with Crippen LogP contribution in [0, 0.1) is 17.1 Å². The van der Waals surface area contributed by atoms with Crippen LogP contribution in [0.15, 0.2) is 48.5 Å². The summed E-state index contributed by atoms with van der Waals surface area (Å²) in [6.07, 6.45) is 3.60. The molecule has 34 heavy (non-hydrogen) atoms. The number of halogens is 1. The first kappa shape index (κ1) is 24.9. The Balaban J connectivity index is 1.43. The van der Waals surface area contributed by atoms with Gasteiger partial charge in [0.05, 0.1) is 37.4 Å². The SMILES string of the molecule is N#CCCOC(=O)/C=C/c1ccc(OC(=O)c2ccc(OCCOCCC3CO3)cc2)cc1F. The summed E-state index contributed by atoms with van der Waals surface area (Å²) in [5.41, 5.74) is 0.390. The lowest BCUT2D eigenvalue weighted by molar-refractivity contribution is -0.137. The summed E-state index contributed by atoms with van der Waals surface area (Å²) in [5, 5.41) is 8.41. The number of carbonyl (C=O) groups is 2. The Labute approximate surface area is 196 Å². The molecule has 0 bridgehead atoms. The number of epoxide rings is 1. The molecular formula is C25H24FNO7. The number of esters is 2. The van der Waals surface area contributed by atoms with E-state index in [0.717, 1.165) is 25.2 Å². The first-order chi connectivity index (χ1) is 16.5. The molecule has 1 aliphatic heterocycles. The number of carbonyl (C=O) groups excluding carboxylic acids is 2. The molecule has 0 spiro atoms.